The number of phenolic OH excluding ortho intramolecular Hbond substituents is 1. The summed E-state index contributed by atoms with van der Waals surface area (Å²) in [6.07, 6.45) is 13.9. The van der Waals surface area contributed by atoms with E-state index >= 15 is 0 Å². The summed E-state index contributed by atoms with van der Waals surface area (Å²) in [6, 6.07) is 6.02. The van der Waals surface area contributed by atoms with E-state index in [1.54, 1.807) is 0 Å². The Bertz CT molecular complexity index is 374. The number of benzene rings is 1. The molecular formula is C20H34O2. The maximum Gasteiger partial charge on any atom is 0.119 e. The highest BCUT2D eigenvalue weighted by molar-refractivity contribution is 5.39. The van der Waals surface area contributed by atoms with Gasteiger partial charge in [0.1, 0.15) is 12.5 Å². The third kappa shape index (κ3) is 8.86. The Morgan fingerprint density at radius 2 is 1.41 bits per heavy atom. The number of unbranched alkanes of at least 4 members (excludes halogenated alkanes) is 7. The lowest BCUT2D eigenvalue weighted by Gasteiger charge is -2.11. The van der Waals surface area contributed by atoms with Gasteiger partial charge in [0.2, 0.25) is 0 Å². The van der Waals surface area contributed by atoms with Crippen molar-refractivity contribution in [2.45, 2.75) is 84.5 Å². The molecule has 0 fully saturated rings. The van der Waals surface area contributed by atoms with Gasteiger partial charge < -0.3 is 9.90 Å². The highest BCUT2D eigenvalue weighted by atomic mass is 16.3. The molecule has 0 saturated carbocycles. The first kappa shape index (κ1) is 20.7. The smallest absolute Gasteiger partial charge is 0.119 e. The molecule has 0 aliphatic rings. The van der Waals surface area contributed by atoms with Crippen LogP contribution in [0.4, 0.5) is 0 Å². The van der Waals surface area contributed by atoms with E-state index in [-0.39, 0.29) is 0 Å². The van der Waals surface area contributed by atoms with E-state index in [9.17, 15) is 5.11 Å². The van der Waals surface area contributed by atoms with Gasteiger partial charge in [0.15, 0.2) is 0 Å². The first-order valence-electron chi connectivity index (χ1n) is 8.88. The van der Waals surface area contributed by atoms with Crippen molar-refractivity contribution in [2.75, 3.05) is 0 Å². The van der Waals surface area contributed by atoms with Crippen LogP contribution in [-0.4, -0.2) is 11.9 Å². The summed E-state index contributed by atoms with van der Waals surface area (Å²) in [4.78, 5) is 8.00. The summed E-state index contributed by atoms with van der Waals surface area (Å²) in [5.74, 6) is 0.499. The molecule has 0 bridgehead atoms. The average molecular weight is 306 g/mol. The lowest BCUT2D eigenvalue weighted by atomic mass is 9.96. The Kier molecular flexibility index (Phi) is 13.7. The van der Waals surface area contributed by atoms with Crippen molar-refractivity contribution in [3.63, 3.8) is 0 Å². The number of aromatic hydroxyl groups is 1. The largest absolute Gasteiger partial charge is 0.508 e. The molecule has 0 amide bonds. The number of carbonyl (C=O) groups excluding carboxylic acids is 1. The lowest BCUT2D eigenvalue weighted by molar-refractivity contribution is -0.0979. The van der Waals surface area contributed by atoms with Crippen LogP contribution >= 0.6 is 0 Å². The summed E-state index contributed by atoms with van der Waals surface area (Å²) in [6.45, 7) is 6.47. The Balaban J connectivity index is 0.00000211. The van der Waals surface area contributed by atoms with E-state index in [0.29, 0.717) is 5.75 Å². The molecule has 0 atom stereocenters. The molecule has 0 unspecified atom stereocenters. The topological polar surface area (TPSA) is 37.3 Å². The van der Waals surface area contributed by atoms with Crippen LogP contribution in [0.1, 0.15) is 82.8 Å². The highest BCUT2D eigenvalue weighted by Crippen LogP contribution is 2.24. The molecule has 1 N–H and O–H groups in total. The van der Waals surface area contributed by atoms with Crippen molar-refractivity contribution in [1.29, 1.82) is 0 Å². The zero-order valence-corrected chi connectivity index (χ0v) is 14.6. The standard InChI is InChI=1S/C19H32O.CH2O/c1-3-5-7-8-9-10-11-13-17-14-12-16-19(20)18(17)15-6-4-2;1-2/h12,14,16,20H,3-11,13,15H2,1-2H3;1H2. The normalized spacial score (nSPS) is 10.1. The predicted molar refractivity (Wildman–Crippen MR) is 95.5 cm³/mol. The molecule has 2 heteroatoms. The van der Waals surface area contributed by atoms with Gasteiger partial charge in [-0.25, -0.2) is 0 Å². The van der Waals surface area contributed by atoms with Crippen molar-refractivity contribution in [3.8, 4) is 5.75 Å². The minimum atomic E-state index is 0.499. The summed E-state index contributed by atoms with van der Waals surface area (Å²) < 4.78 is 0. The van der Waals surface area contributed by atoms with E-state index < -0.39 is 0 Å². The quantitative estimate of drug-likeness (QED) is 0.521. The molecule has 1 rings (SSSR count). The molecule has 0 spiro atoms. The van der Waals surface area contributed by atoms with Gasteiger partial charge in [-0.15, -0.1) is 0 Å². The van der Waals surface area contributed by atoms with Gasteiger partial charge in [0.25, 0.3) is 0 Å². The van der Waals surface area contributed by atoms with Gasteiger partial charge in [-0.05, 0) is 42.9 Å². The van der Waals surface area contributed by atoms with Crippen LogP contribution in [0, 0.1) is 0 Å². The van der Waals surface area contributed by atoms with Crippen molar-refractivity contribution in [2.24, 2.45) is 0 Å². The molecule has 1 aromatic carbocycles. The van der Waals surface area contributed by atoms with E-state index in [1.807, 2.05) is 18.9 Å². The molecule has 0 aliphatic carbocycles. The number of aryl methyl sites for hydroxylation is 1. The SMILES string of the molecule is C=O.CCCCCCCCCc1cccc(O)c1CCCC. The minimum absolute atomic E-state index is 0.499. The van der Waals surface area contributed by atoms with E-state index in [4.69, 9.17) is 4.79 Å². The maximum absolute atomic E-state index is 10.0. The van der Waals surface area contributed by atoms with Crippen LogP contribution in [0.5, 0.6) is 5.75 Å². The average Bonchev–Trinajstić information content (AvgIpc) is 2.55. The fourth-order valence-corrected chi connectivity index (χ4v) is 2.77. The van der Waals surface area contributed by atoms with E-state index in [0.717, 1.165) is 12.8 Å². The molecule has 0 saturated heterocycles. The highest BCUT2D eigenvalue weighted by Gasteiger charge is 2.06. The third-order valence-electron chi connectivity index (χ3n) is 4.08. The lowest BCUT2D eigenvalue weighted by Crippen LogP contribution is -1.96. The number of carbonyl (C=O) groups is 1. The van der Waals surface area contributed by atoms with Crippen LogP contribution in [0.3, 0.4) is 0 Å². The molecule has 2 nitrogen and oxygen atoms in total. The molecule has 0 radical (unpaired) electrons. The number of phenols is 1. The number of hydrogen-bond acceptors (Lipinski definition) is 2. The molecule has 0 aromatic heterocycles. The Morgan fingerprint density at radius 3 is 2.05 bits per heavy atom. The Morgan fingerprint density at radius 1 is 0.818 bits per heavy atom. The van der Waals surface area contributed by atoms with Crippen LogP contribution in [0.25, 0.3) is 0 Å². The van der Waals surface area contributed by atoms with Crippen molar-refractivity contribution >= 4 is 6.79 Å². The first-order valence-corrected chi connectivity index (χ1v) is 8.88. The van der Waals surface area contributed by atoms with Crippen LogP contribution in [0.15, 0.2) is 18.2 Å². The summed E-state index contributed by atoms with van der Waals surface area (Å²) >= 11 is 0. The summed E-state index contributed by atoms with van der Waals surface area (Å²) in [5, 5.41) is 10.0. The van der Waals surface area contributed by atoms with Gasteiger partial charge in [0, 0.05) is 0 Å². The first-order chi connectivity index (χ1) is 10.8. The van der Waals surface area contributed by atoms with Gasteiger partial charge in [0.05, 0.1) is 0 Å². The maximum atomic E-state index is 10.0. The molecular weight excluding hydrogens is 272 g/mol. The Labute approximate surface area is 137 Å². The zero-order valence-electron chi connectivity index (χ0n) is 14.6. The fourth-order valence-electron chi connectivity index (χ4n) is 2.77. The molecule has 0 heterocycles. The molecule has 126 valence electrons. The second-order valence-corrected chi connectivity index (χ2v) is 5.89. The number of hydrogen-bond donors (Lipinski definition) is 1. The molecule has 1 aromatic rings. The summed E-state index contributed by atoms with van der Waals surface area (Å²) in [7, 11) is 0. The van der Waals surface area contributed by atoms with E-state index in [2.05, 4.69) is 19.9 Å². The molecule has 0 aliphatic heterocycles. The van der Waals surface area contributed by atoms with Crippen molar-refractivity contribution in [1.82, 2.24) is 0 Å². The Hall–Kier alpha value is -1.31. The van der Waals surface area contributed by atoms with Gasteiger partial charge in [-0.1, -0.05) is 70.9 Å². The van der Waals surface area contributed by atoms with Crippen molar-refractivity contribution < 1.29 is 9.90 Å². The van der Waals surface area contributed by atoms with Gasteiger partial charge in [-0.3, -0.25) is 0 Å². The van der Waals surface area contributed by atoms with Crippen LogP contribution < -0.4 is 0 Å². The van der Waals surface area contributed by atoms with Crippen LogP contribution in [0.2, 0.25) is 0 Å². The third-order valence-corrected chi connectivity index (χ3v) is 4.08. The van der Waals surface area contributed by atoms with E-state index in [1.165, 1.54) is 68.9 Å². The predicted octanol–water partition coefficient (Wildman–Crippen LogP) is 5.84. The fraction of sp³-hybridized carbons (Fsp3) is 0.650. The molecule has 22 heavy (non-hydrogen) atoms. The second kappa shape index (κ2) is 14.6. The van der Waals surface area contributed by atoms with Crippen LogP contribution in [-0.2, 0) is 17.6 Å². The summed E-state index contributed by atoms with van der Waals surface area (Å²) in [5.41, 5.74) is 2.56. The monoisotopic (exact) mass is 306 g/mol. The second-order valence-electron chi connectivity index (χ2n) is 5.89. The van der Waals surface area contributed by atoms with Crippen molar-refractivity contribution in [3.05, 3.63) is 29.3 Å². The minimum Gasteiger partial charge on any atom is -0.508 e. The number of rotatable bonds is 11. The van der Waals surface area contributed by atoms with Gasteiger partial charge >= 0.3 is 0 Å². The zero-order chi connectivity index (χ0) is 16.6. The van der Waals surface area contributed by atoms with Gasteiger partial charge in [-0.2, -0.15) is 0 Å².